The lowest BCUT2D eigenvalue weighted by Gasteiger charge is -2.08. The van der Waals surface area contributed by atoms with Crippen molar-refractivity contribution in [2.75, 3.05) is 17.2 Å². The van der Waals surface area contributed by atoms with Crippen LogP contribution in [0.3, 0.4) is 0 Å². The quantitative estimate of drug-likeness (QED) is 0.699. The molecule has 122 valence electrons. The summed E-state index contributed by atoms with van der Waals surface area (Å²) in [5.74, 6) is 0.464. The first-order chi connectivity index (χ1) is 11.2. The number of benzene rings is 1. The van der Waals surface area contributed by atoms with Gasteiger partial charge in [-0.15, -0.1) is 0 Å². The van der Waals surface area contributed by atoms with Crippen LogP contribution in [-0.4, -0.2) is 17.4 Å². The molecule has 1 amide bonds. The maximum absolute atomic E-state index is 12.0. The Bertz CT molecular complexity index is 611. The topological polar surface area (TPSA) is 54.0 Å². The van der Waals surface area contributed by atoms with Crippen molar-refractivity contribution in [3.05, 3.63) is 53.2 Å². The van der Waals surface area contributed by atoms with Gasteiger partial charge in [-0.25, -0.2) is 4.98 Å². The molecule has 2 rings (SSSR count). The fourth-order valence-corrected chi connectivity index (χ4v) is 2.28. The van der Waals surface area contributed by atoms with E-state index in [0.29, 0.717) is 17.3 Å². The molecule has 2 aromatic rings. The lowest BCUT2D eigenvalue weighted by atomic mass is 10.1. The van der Waals surface area contributed by atoms with Crippen molar-refractivity contribution in [3.63, 3.8) is 0 Å². The van der Waals surface area contributed by atoms with Crippen LogP contribution in [0.25, 0.3) is 0 Å². The van der Waals surface area contributed by atoms with Crippen LogP contribution < -0.4 is 10.6 Å². The van der Waals surface area contributed by atoms with Crippen molar-refractivity contribution >= 4 is 29.0 Å². The van der Waals surface area contributed by atoms with Gasteiger partial charge in [0.1, 0.15) is 5.82 Å². The first-order valence-electron chi connectivity index (χ1n) is 7.91. The Morgan fingerprint density at radius 1 is 1.13 bits per heavy atom. The molecule has 0 saturated carbocycles. The second-order valence-corrected chi connectivity index (χ2v) is 5.85. The maximum atomic E-state index is 12.0. The first-order valence-corrected chi connectivity index (χ1v) is 8.29. The Morgan fingerprint density at radius 3 is 2.57 bits per heavy atom. The highest BCUT2D eigenvalue weighted by atomic mass is 35.5. The van der Waals surface area contributed by atoms with Gasteiger partial charge in [-0.1, -0.05) is 43.5 Å². The molecular formula is C18H22ClN3O. The van der Waals surface area contributed by atoms with Crippen LogP contribution in [0.4, 0.5) is 11.5 Å². The summed E-state index contributed by atoms with van der Waals surface area (Å²) in [6.45, 7) is 3.13. The summed E-state index contributed by atoms with van der Waals surface area (Å²) in [6.07, 6.45) is 5.62. The molecule has 4 nitrogen and oxygen atoms in total. The lowest BCUT2D eigenvalue weighted by molar-refractivity contribution is -0.115. The molecule has 1 heterocycles. The van der Waals surface area contributed by atoms with E-state index < -0.39 is 0 Å². The predicted molar refractivity (Wildman–Crippen MR) is 96.0 cm³/mol. The van der Waals surface area contributed by atoms with E-state index in [1.807, 2.05) is 24.3 Å². The molecule has 0 saturated heterocycles. The van der Waals surface area contributed by atoms with E-state index >= 15 is 0 Å². The third kappa shape index (κ3) is 6.28. The summed E-state index contributed by atoms with van der Waals surface area (Å²) >= 11 is 5.83. The van der Waals surface area contributed by atoms with Crippen molar-refractivity contribution in [1.82, 2.24) is 4.98 Å². The standard InChI is InChI=1S/C18H22ClN3O/c1-2-3-4-11-20-16-9-10-17(21-13-16)22-18(23)12-14-5-7-15(19)8-6-14/h5-10,13,20H,2-4,11-12H2,1H3,(H,21,22,23). The average molecular weight is 332 g/mol. The number of carbonyl (C=O) groups excluding carboxylic acids is 1. The molecule has 0 aliphatic rings. The Labute approximate surface area is 142 Å². The molecule has 0 spiro atoms. The minimum atomic E-state index is -0.0940. The van der Waals surface area contributed by atoms with Gasteiger partial charge in [0.25, 0.3) is 0 Å². The van der Waals surface area contributed by atoms with Crippen LogP contribution >= 0.6 is 11.6 Å². The van der Waals surface area contributed by atoms with Gasteiger partial charge in [-0.2, -0.15) is 0 Å². The number of nitrogens with one attached hydrogen (secondary N) is 2. The van der Waals surface area contributed by atoms with Crippen molar-refractivity contribution in [2.24, 2.45) is 0 Å². The minimum absolute atomic E-state index is 0.0940. The van der Waals surface area contributed by atoms with Gasteiger partial charge in [0.15, 0.2) is 0 Å². The number of hydrogen-bond acceptors (Lipinski definition) is 3. The maximum Gasteiger partial charge on any atom is 0.229 e. The van der Waals surface area contributed by atoms with E-state index in [0.717, 1.165) is 24.2 Å². The van der Waals surface area contributed by atoms with Gasteiger partial charge >= 0.3 is 0 Å². The summed E-state index contributed by atoms with van der Waals surface area (Å²) in [7, 11) is 0. The number of carbonyl (C=O) groups is 1. The molecule has 0 radical (unpaired) electrons. The number of unbranched alkanes of at least 4 members (excludes halogenated alkanes) is 2. The fraction of sp³-hybridized carbons (Fsp3) is 0.333. The van der Waals surface area contributed by atoms with Gasteiger partial charge in [-0.05, 0) is 36.2 Å². The van der Waals surface area contributed by atoms with Crippen LogP contribution in [0, 0.1) is 0 Å². The van der Waals surface area contributed by atoms with Gasteiger partial charge in [0.2, 0.25) is 5.91 Å². The zero-order chi connectivity index (χ0) is 16.5. The summed E-state index contributed by atoms with van der Waals surface area (Å²) in [5.41, 5.74) is 1.89. The molecule has 5 heteroatoms. The molecule has 0 atom stereocenters. The van der Waals surface area contributed by atoms with Crippen molar-refractivity contribution in [3.8, 4) is 0 Å². The van der Waals surface area contributed by atoms with Gasteiger partial charge < -0.3 is 10.6 Å². The van der Waals surface area contributed by atoms with Gasteiger partial charge in [-0.3, -0.25) is 4.79 Å². The van der Waals surface area contributed by atoms with Crippen LogP contribution in [0.1, 0.15) is 31.7 Å². The number of rotatable bonds is 8. The normalized spacial score (nSPS) is 10.3. The number of hydrogen-bond donors (Lipinski definition) is 2. The molecule has 1 aromatic heterocycles. The summed E-state index contributed by atoms with van der Waals surface area (Å²) in [5, 5.41) is 6.78. The highest BCUT2D eigenvalue weighted by molar-refractivity contribution is 6.30. The molecule has 0 bridgehead atoms. The molecule has 0 aliphatic heterocycles. The monoisotopic (exact) mass is 331 g/mol. The highest BCUT2D eigenvalue weighted by Gasteiger charge is 2.05. The molecule has 23 heavy (non-hydrogen) atoms. The first kappa shape index (κ1) is 17.3. The van der Waals surface area contributed by atoms with Gasteiger partial charge in [0, 0.05) is 11.6 Å². The summed E-state index contributed by atoms with van der Waals surface area (Å²) < 4.78 is 0. The largest absolute Gasteiger partial charge is 0.384 e. The van der Waals surface area contributed by atoms with Crippen LogP contribution in [0.2, 0.25) is 5.02 Å². The summed E-state index contributed by atoms with van der Waals surface area (Å²) in [4.78, 5) is 16.3. The number of amides is 1. The van der Waals surface area contributed by atoms with Crippen molar-refractivity contribution in [1.29, 1.82) is 0 Å². The van der Waals surface area contributed by atoms with E-state index in [4.69, 9.17) is 11.6 Å². The zero-order valence-electron chi connectivity index (χ0n) is 13.3. The minimum Gasteiger partial charge on any atom is -0.384 e. The number of anilines is 2. The second-order valence-electron chi connectivity index (χ2n) is 5.42. The predicted octanol–water partition coefficient (Wildman–Crippen LogP) is 4.52. The Kier molecular flexibility index (Phi) is 6.88. The van der Waals surface area contributed by atoms with Crippen LogP contribution in [-0.2, 0) is 11.2 Å². The third-order valence-electron chi connectivity index (χ3n) is 3.42. The van der Waals surface area contributed by atoms with Gasteiger partial charge in [0.05, 0.1) is 18.3 Å². The smallest absolute Gasteiger partial charge is 0.229 e. The lowest BCUT2D eigenvalue weighted by Crippen LogP contribution is -2.15. The molecule has 0 unspecified atom stereocenters. The van der Waals surface area contributed by atoms with E-state index in [2.05, 4.69) is 22.5 Å². The molecule has 0 fully saturated rings. The number of aromatic nitrogens is 1. The molecule has 1 aromatic carbocycles. The zero-order valence-corrected chi connectivity index (χ0v) is 14.1. The number of nitrogens with zero attached hydrogens (tertiary/aromatic N) is 1. The average Bonchev–Trinajstić information content (AvgIpc) is 2.55. The van der Waals surface area contributed by atoms with E-state index in [1.54, 1.807) is 18.3 Å². The van der Waals surface area contributed by atoms with E-state index in [-0.39, 0.29) is 5.91 Å². The van der Waals surface area contributed by atoms with E-state index in [1.165, 1.54) is 12.8 Å². The Morgan fingerprint density at radius 2 is 1.91 bits per heavy atom. The fourth-order valence-electron chi connectivity index (χ4n) is 2.15. The Balaban J connectivity index is 1.80. The van der Waals surface area contributed by atoms with Crippen molar-refractivity contribution in [2.45, 2.75) is 32.6 Å². The summed E-state index contributed by atoms with van der Waals surface area (Å²) in [6, 6.07) is 11.0. The number of halogens is 1. The molecule has 0 aliphatic carbocycles. The van der Waals surface area contributed by atoms with Crippen LogP contribution in [0.15, 0.2) is 42.6 Å². The third-order valence-corrected chi connectivity index (χ3v) is 3.67. The SMILES string of the molecule is CCCCCNc1ccc(NC(=O)Cc2ccc(Cl)cc2)nc1. The number of pyridine rings is 1. The van der Waals surface area contributed by atoms with Crippen LogP contribution in [0.5, 0.6) is 0 Å². The molecular weight excluding hydrogens is 310 g/mol. The highest BCUT2D eigenvalue weighted by Crippen LogP contribution is 2.12. The second kappa shape index (κ2) is 9.16. The van der Waals surface area contributed by atoms with Crippen molar-refractivity contribution < 1.29 is 4.79 Å². The molecule has 2 N–H and O–H groups in total. The Hall–Kier alpha value is -2.07. The van der Waals surface area contributed by atoms with E-state index in [9.17, 15) is 4.79 Å².